The molecule has 4 aromatic rings. The molecule has 1 aliphatic heterocycles. The maximum atomic E-state index is 13.7. The first-order valence-electron chi connectivity index (χ1n) is 15.5. The summed E-state index contributed by atoms with van der Waals surface area (Å²) in [5.41, 5.74) is 8.06. The van der Waals surface area contributed by atoms with Crippen molar-refractivity contribution in [3.8, 4) is 5.75 Å². The molecule has 0 aromatic heterocycles. The fourth-order valence-corrected chi connectivity index (χ4v) is 7.68. The zero-order valence-electron chi connectivity index (χ0n) is 26.8. The number of hydrazone groups is 1. The molecular formula is C37H36N4O6S. The molecule has 10 nitrogen and oxygen atoms in total. The number of carbonyl (C=O) groups excluding carboxylic acids is 2. The highest BCUT2D eigenvalue weighted by atomic mass is 32.2. The van der Waals surface area contributed by atoms with E-state index in [9.17, 15) is 18.0 Å². The van der Waals surface area contributed by atoms with Crippen LogP contribution < -0.4 is 19.8 Å². The number of ether oxygens (including phenoxy) is 2. The predicted molar refractivity (Wildman–Crippen MR) is 185 cm³/mol. The average Bonchev–Trinajstić information content (AvgIpc) is 3.63. The van der Waals surface area contributed by atoms with Crippen molar-refractivity contribution in [2.24, 2.45) is 11.0 Å². The summed E-state index contributed by atoms with van der Waals surface area (Å²) < 4.78 is 38.4. The molecule has 0 radical (unpaired) electrons. The number of anilines is 2. The van der Waals surface area contributed by atoms with Gasteiger partial charge in [-0.15, -0.1) is 0 Å². The predicted octanol–water partition coefficient (Wildman–Crippen LogP) is 6.04. The maximum absolute atomic E-state index is 13.7. The third-order valence-corrected chi connectivity index (χ3v) is 10.6. The van der Waals surface area contributed by atoms with Crippen LogP contribution in [0.15, 0.2) is 119 Å². The molecule has 11 heteroatoms. The zero-order valence-corrected chi connectivity index (χ0v) is 27.6. The molecule has 4 aromatic carbocycles. The molecule has 0 fully saturated rings. The summed E-state index contributed by atoms with van der Waals surface area (Å²) >= 11 is 0. The fraction of sp³-hybridized carbons (Fsp3) is 0.216. The molecule has 2 aliphatic rings. The molecule has 1 amide bonds. The van der Waals surface area contributed by atoms with Crippen molar-refractivity contribution in [1.29, 1.82) is 0 Å². The highest BCUT2D eigenvalue weighted by Crippen LogP contribution is 2.50. The second-order valence-electron chi connectivity index (χ2n) is 11.6. The van der Waals surface area contributed by atoms with E-state index in [0.717, 1.165) is 33.1 Å². The summed E-state index contributed by atoms with van der Waals surface area (Å²) in [6, 6.07) is 28.1. The summed E-state index contributed by atoms with van der Waals surface area (Å²) in [6.45, 7) is 1.33. The molecule has 3 atom stereocenters. The van der Waals surface area contributed by atoms with Crippen LogP contribution in [0.4, 0.5) is 11.4 Å². The number of hydrogen-bond acceptors (Lipinski definition) is 8. The number of methoxy groups -OCH3 is 2. The minimum atomic E-state index is -4.08. The second kappa shape index (κ2) is 13.7. The van der Waals surface area contributed by atoms with Gasteiger partial charge >= 0.3 is 5.97 Å². The number of rotatable bonds is 10. The first kappa shape index (κ1) is 32.5. The Kier molecular flexibility index (Phi) is 9.31. The number of para-hydroxylation sites is 1. The largest absolute Gasteiger partial charge is 0.497 e. The summed E-state index contributed by atoms with van der Waals surface area (Å²) in [5.74, 6) is 0.0278. The molecule has 0 saturated heterocycles. The van der Waals surface area contributed by atoms with Gasteiger partial charge in [0, 0.05) is 11.6 Å². The van der Waals surface area contributed by atoms with Crippen molar-refractivity contribution in [2.75, 3.05) is 30.4 Å². The van der Waals surface area contributed by atoms with E-state index in [-0.39, 0.29) is 28.7 Å². The van der Waals surface area contributed by atoms with Crippen molar-refractivity contribution in [1.82, 2.24) is 5.43 Å². The highest BCUT2D eigenvalue weighted by molar-refractivity contribution is 7.92. The Morgan fingerprint density at radius 1 is 0.938 bits per heavy atom. The van der Waals surface area contributed by atoms with Crippen LogP contribution >= 0.6 is 0 Å². The van der Waals surface area contributed by atoms with Crippen molar-refractivity contribution >= 4 is 39.0 Å². The molecule has 1 aliphatic carbocycles. The van der Waals surface area contributed by atoms with Crippen molar-refractivity contribution in [3.63, 3.8) is 0 Å². The fourth-order valence-electron chi connectivity index (χ4n) is 6.25. The van der Waals surface area contributed by atoms with Gasteiger partial charge in [-0.1, -0.05) is 48.6 Å². The minimum absolute atomic E-state index is 0.0296. The van der Waals surface area contributed by atoms with E-state index >= 15 is 0 Å². The van der Waals surface area contributed by atoms with E-state index in [4.69, 9.17) is 9.47 Å². The number of allylic oxidation sites excluding steroid dienone is 2. The minimum Gasteiger partial charge on any atom is -0.497 e. The molecular weight excluding hydrogens is 628 g/mol. The lowest BCUT2D eigenvalue weighted by molar-refractivity contribution is -0.119. The van der Waals surface area contributed by atoms with Gasteiger partial charge in [0.25, 0.3) is 15.9 Å². The van der Waals surface area contributed by atoms with E-state index in [1.807, 2.05) is 24.3 Å². The lowest BCUT2D eigenvalue weighted by Crippen LogP contribution is -2.39. The summed E-state index contributed by atoms with van der Waals surface area (Å²) in [6.07, 6.45) is 5.35. The van der Waals surface area contributed by atoms with E-state index in [0.29, 0.717) is 22.7 Å². The second-order valence-corrected chi connectivity index (χ2v) is 13.5. The zero-order chi connectivity index (χ0) is 33.8. The molecule has 0 spiro atoms. The Morgan fingerprint density at radius 3 is 2.33 bits per heavy atom. The number of hydrogen-bond donors (Lipinski definition) is 2. The molecule has 0 saturated carbocycles. The first-order valence-corrected chi connectivity index (χ1v) is 16.9. The van der Waals surface area contributed by atoms with E-state index in [2.05, 4.69) is 34.1 Å². The van der Waals surface area contributed by atoms with Gasteiger partial charge in [0.05, 0.1) is 42.1 Å². The summed E-state index contributed by atoms with van der Waals surface area (Å²) in [7, 11) is -1.21. The van der Waals surface area contributed by atoms with E-state index in [1.54, 1.807) is 61.5 Å². The Hall–Kier alpha value is -5.42. The Labute approximate surface area is 280 Å². The standard InChI is InChI=1S/C37H36N4O6S/c1-24(39-40-35(42)23-41(28-8-5-4-6-9-28)48(44,45)30-19-17-29(46-2)18-20-30)27-16-21-34-33(22-27)31-10-7-11-32(31)36(38-34)25-12-14-26(15-13-25)37(43)47-3/h4-10,12-22,31-32,36,38H,11,23H2,1-3H3,(H,40,42)/t31-,32-,36-/m0/s1. The summed E-state index contributed by atoms with van der Waals surface area (Å²) in [4.78, 5) is 25.1. The van der Waals surface area contributed by atoms with Crippen molar-refractivity contribution < 1.29 is 27.5 Å². The van der Waals surface area contributed by atoms with E-state index in [1.165, 1.54) is 26.4 Å². The van der Waals surface area contributed by atoms with Crippen molar-refractivity contribution in [2.45, 2.75) is 30.2 Å². The van der Waals surface area contributed by atoms with Gasteiger partial charge in [0.2, 0.25) is 0 Å². The van der Waals surface area contributed by atoms with Gasteiger partial charge in [-0.2, -0.15) is 5.10 Å². The van der Waals surface area contributed by atoms with Gasteiger partial charge in [0.15, 0.2) is 0 Å². The lowest BCUT2D eigenvalue weighted by Gasteiger charge is -2.37. The molecule has 1 heterocycles. The van der Waals surface area contributed by atoms with Crippen LogP contribution in [0.5, 0.6) is 5.75 Å². The van der Waals surface area contributed by atoms with Gasteiger partial charge in [-0.25, -0.2) is 18.6 Å². The number of nitrogens with one attached hydrogen (secondary N) is 2. The lowest BCUT2D eigenvalue weighted by atomic mass is 9.76. The van der Waals surface area contributed by atoms with Crippen LogP contribution in [0.2, 0.25) is 0 Å². The number of nitrogens with zero attached hydrogens (tertiary/aromatic N) is 2. The van der Waals surface area contributed by atoms with Gasteiger partial charge < -0.3 is 14.8 Å². The first-order chi connectivity index (χ1) is 23.2. The Bertz CT molecular complexity index is 1980. The maximum Gasteiger partial charge on any atom is 0.337 e. The van der Waals surface area contributed by atoms with Crippen LogP contribution in [0.3, 0.4) is 0 Å². The van der Waals surface area contributed by atoms with Gasteiger partial charge in [-0.05, 0) is 96.6 Å². The number of sulfonamides is 1. The number of amides is 1. The third-order valence-electron chi connectivity index (χ3n) is 8.80. The number of fused-ring (bicyclic) bond motifs is 3. The molecule has 0 unspecified atom stereocenters. The molecule has 0 bridgehead atoms. The van der Waals surface area contributed by atoms with Gasteiger partial charge in [-0.3, -0.25) is 9.10 Å². The molecule has 246 valence electrons. The smallest absolute Gasteiger partial charge is 0.337 e. The normalized spacial score (nSPS) is 18.2. The van der Waals surface area contributed by atoms with Crippen LogP contribution in [0.25, 0.3) is 0 Å². The third kappa shape index (κ3) is 6.54. The average molecular weight is 665 g/mol. The molecule has 48 heavy (non-hydrogen) atoms. The molecule has 6 rings (SSSR count). The van der Waals surface area contributed by atoms with Crippen molar-refractivity contribution in [3.05, 3.63) is 131 Å². The Morgan fingerprint density at radius 2 is 1.65 bits per heavy atom. The number of carbonyl (C=O) groups is 2. The topological polar surface area (TPSA) is 126 Å². The number of esters is 1. The van der Waals surface area contributed by atoms with Crippen LogP contribution in [0, 0.1) is 5.92 Å². The molecule has 2 N–H and O–H groups in total. The van der Waals surface area contributed by atoms with Crippen LogP contribution in [-0.2, 0) is 19.6 Å². The van der Waals surface area contributed by atoms with E-state index < -0.39 is 22.5 Å². The summed E-state index contributed by atoms with van der Waals surface area (Å²) in [5, 5.41) is 8.05. The highest BCUT2D eigenvalue weighted by Gasteiger charge is 2.38. The monoisotopic (exact) mass is 664 g/mol. The van der Waals surface area contributed by atoms with Crippen LogP contribution in [-0.4, -0.2) is 46.8 Å². The SMILES string of the molecule is COC(=O)c1ccc([C@@H]2Nc3ccc(C(C)=NNC(=O)CN(c4ccccc4)S(=O)(=O)c4ccc(OC)cc4)cc3[C@H]3C=CC[C@@H]32)cc1. The van der Waals surface area contributed by atoms with Crippen LogP contribution in [0.1, 0.15) is 52.4 Å². The van der Waals surface area contributed by atoms with Gasteiger partial charge in [0.1, 0.15) is 12.3 Å². The Balaban J connectivity index is 1.19. The number of benzene rings is 4. The quantitative estimate of drug-likeness (QED) is 0.0916.